The van der Waals surface area contributed by atoms with Crippen LogP contribution in [0.3, 0.4) is 0 Å². The fourth-order valence-corrected chi connectivity index (χ4v) is 1.80. The average molecular weight is 265 g/mol. The molecular formula is C13H10Cl2N2. The van der Waals surface area contributed by atoms with E-state index < -0.39 is 0 Å². The first-order chi connectivity index (χ1) is 8.15. The highest BCUT2D eigenvalue weighted by Gasteiger charge is 1.98. The van der Waals surface area contributed by atoms with Gasteiger partial charge in [-0.15, -0.1) is 0 Å². The summed E-state index contributed by atoms with van der Waals surface area (Å²) in [5, 5.41) is 1.19. The van der Waals surface area contributed by atoms with Crippen LogP contribution >= 0.6 is 23.2 Å². The van der Waals surface area contributed by atoms with Crippen LogP contribution in [-0.2, 0) is 0 Å². The van der Waals surface area contributed by atoms with Crippen molar-refractivity contribution < 1.29 is 0 Å². The standard InChI is InChI=1S/C13H10Cl2N2/c1-9-3-2-4-13(17-9)16-8-10-5-6-11(14)7-12(10)15/h2-8H,1H3/b16-8+. The number of halogens is 2. The predicted molar refractivity (Wildman–Crippen MR) is 72.7 cm³/mol. The van der Waals surface area contributed by atoms with Crippen LogP contribution < -0.4 is 0 Å². The van der Waals surface area contributed by atoms with E-state index >= 15 is 0 Å². The molecule has 0 unspecified atom stereocenters. The van der Waals surface area contributed by atoms with Gasteiger partial charge in [-0.25, -0.2) is 9.98 Å². The molecule has 0 aliphatic carbocycles. The summed E-state index contributed by atoms with van der Waals surface area (Å²) in [4.78, 5) is 8.53. The van der Waals surface area contributed by atoms with Gasteiger partial charge in [-0.05, 0) is 31.2 Å². The smallest absolute Gasteiger partial charge is 0.152 e. The van der Waals surface area contributed by atoms with Gasteiger partial charge in [-0.2, -0.15) is 0 Å². The first-order valence-corrected chi connectivity index (χ1v) is 5.83. The monoisotopic (exact) mass is 264 g/mol. The third-order valence-electron chi connectivity index (χ3n) is 2.17. The molecule has 0 aliphatic heterocycles. The fraction of sp³-hybridized carbons (Fsp3) is 0.0769. The minimum absolute atomic E-state index is 0.578. The molecule has 0 amide bonds. The number of benzene rings is 1. The molecule has 0 N–H and O–H groups in total. The van der Waals surface area contributed by atoms with E-state index in [0.29, 0.717) is 15.9 Å². The van der Waals surface area contributed by atoms with Gasteiger partial charge < -0.3 is 0 Å². The largest absolute Gasteiger partial charge is 0.237 e. The second kappa shape index (κ2) is 5.30. The molecule has 86 valence electrons. The van der Waals surface area contributed by atoms with Crippen molar-refractivity contribution in [2.75, 3.05) is 0 Å². The van der Waals surface area contributed by atoms with Gasteiger partial charge in [0.1, 0.15) is 0 Å². The zero-order valence-electron chi connectivity index (χ0n) is 9.19. The summed E-state index contributed by atoms with van der Waals surface area (Å²) in [7, 11) is 0. The van der Waals surface area contributed by atoms with Gasteiger partial charge in [-0.3, -0.25) is 0 Å². The molecule has 2 rings (SSSR count). The number of hydrogen-bond acceptors (Lipinski definition) is 2. The number of rotatable bonds is 2. The molecule has 0 aliphatic rings. The maximum absolute atomic E-state index is 6.03. The first kappa shape index (κ1) is 12.1. The van der Waals surface area contributed by atoms with Crippen LogP contribution in [0.4, 0.5) is 5.82 Å². The Balaban J connectivity index is 2.26. The zero-order valence-corrected chi connectivity index (χ0v) is 10.7. The topological polar surface area (TPSA) is 25.2 Å². The summed E-state index contributed by atoms with van der Waals surface area (Å²) in [5.74, 6) is 0.663. The number of aryl methyl sites for hydroxylation is 1. The molecule has 2 nitrogen and oxygen atoms in total. The summed E-state index contributed by atoms with van der Waals surface area (Å²) < 4.78 is 0. The van der Waals surface area contributed by atoms with Crippen LogP contribution in [0.2, 0.25) is 10.0 Å². The van der Waals surface area contributed by atoms with E-state index in [1.54, 1.807) is 18.3 Å². The summed E-state index contributed by atoms with van der Waals surface area (Å²) >= 11 is 11.8. The fourth-order valence-electron chi connectivity index (χ4n) is 1.34. The molecule has 1 aromatic carbocycles. The van der Waals surface area contributed by atoms with E-state index in [9.17, 15) is 0 Å². The van der Waals surface area contributed by atoms with Gasteiger partial charge in [0.2, 0.25) is 0 Å². The molecule has 17 heavy (non-hydrogen) atoms. The van der Waals surface area contributed by atoms with E-state index in [-0.39, 0.29) is 0 Å². The Morgan fingerprint density at radius 1 is 1.18 bits per heavy atom. The molecule has 0 radical (unpaired) electrons. The van der Waals surface area contributed by atoms with E-state index in [4.69, 9.17) is 23.2 Å². The van der Waals surface area contributed by atoms with Crippen LogP contribution in [0.1, 0.15) is 11.3 Å². The molecule has 0 bridgehead atoms. The third kappa shape index (κ3) is 3.29. The molecule has 0 spiro atoms. The van der Waals surface area contributed by atoms with Crippen LogP contribution in [0.5, 0.6) is 0 Å². The number of nitrogens with zero attached hydrogens (tertiary/aromatic N) is 2. The van der Waals surface area contributed by atoms with E-state index in [0.717, 1.165) is 11.3 Å². The van der Waals surface area contributed by atoms with Crippen molar-refractivity contribution in [3.63, 3.8) is 0 Å². The van der Waals surface area contributed by atoms with Gasteiger partial charge in [0.25, 0.3) is 0 Å². The predicted octanol–water partition coefficient (Wildman–Crippen LogP) is 4.45. The van der Waals surface area contributed by atoms with Crippen LogP contribution in [-0.4, -0.2) is 11.2 Å². The maximum Gasteiger partial charge on any atom is 0.152 e. The van der Waals surface area contributed by atoms with Gasteiger partial charge in [-0.1, -0.05) is 35.3 Å². The Kier molecular flexibility index (Phi) is 3.77. The Hall–Kier alpha value is -1.38. The maximum atomic E-state index is 6.03. The van der Waals surface area contributed by atoms with Crippen molar-refractivity contribution in [2.24, 2.45) is 4.99 Å². The van der Waals surface area contributed by atoms with Crippen molar-refractivity contribution >= 4 is 35.2 Å². The zero-order chi connectivity index (χ0) is 12.3. The van der Waals surface area contributed by atoms with Crippen molar-refractivity contribution in [2.45, 2.75) is 6.92 Å². The second-order valence-electron chi connectivity index (χ2n) is 3.56. The molecule has 0 saturated carbocycles. The summed E-state index contributed by atoms with van der Waals surface area (Å²) in [6, 6.07) is 11.0. The number of pyridine rings is 1. The lowest BCUT2D eigenvalue weighted by Gasteiger charge is -1.98. The molecular weight excluding hydrogens is 255 g/mol. The molecule has 1 aromatic heterocycles. The van der Waals surface area contributed by atoms with Crippen molar-refractivity contribution in [1.29, 1.82) is 0 Å². The lowest BCUT2D eigenvalue weighted by Crippen LogP contribution is -1.84. The number of aliphatic imine (C=N–C) groups is 1. The van der Waals surface area contributed by atoms with Crippen molar-refractivity contribution in [1.82, 2.24) is 4.98 Å². The Morgan fingerprint density at radius 2 is 2.00 bits per heavy atom. The second-order valence-corrected chi connectivity index (χ2v) is 4.40. The molecule has 0 fully saturated rings. The Bertz CT molecular complexity index is 565. The minimum Gasteiger partial charge on any atom is -0.237 e. The summed E-state index contributed by atoms with van der Waals surface area (Å²) in [5.41, 5.74) is 1.75. The average Bonchev–Trinajstić information content (AvgIpc) is 2.28. The quantitative estimate of drug-likeness (QED) is 0.736. The lowest BCUT2D eigenvalue weighted by molar-refractivity contribution is 1.18. The van der Waals surface area contributed by atoms with E-state index in [1.807, 2.05) is 31.2 Å². The lowest BCUT2D eigenvalue weighted by atomic mass is 10.2. The van der Waals surface area contributed by atoms with E-state index in [2.05, 4.69) is 9.98 Å². The first-order valence-electron chi connectivity index (χ1n) is 5.08. The SMILES string of the molecule is Cc1cccc(/N=C/c2ccc(Cl)cc2Cl)n1. The minimum atomic E-state index is 0.578. The summed E-state index contributed by atoms with van der Waals surface area (Å²) in [6.07, 6.45) is 1.68. The van der Waals surface area contributed by atoms with Gasteiger partial charge in [0.05, 0.1) is 5.02 Å². The van der Waals surface area contributed by atoms with Gasteiger partial charge >= 0.3 is 0 Å². The summed E-state index contributed by atoms with van der Waals surface area (Å²) in [6.45, 7) is 1.92. The molecule has 0 saturated heterocycles. The normalized spacial score (nSPS) is 11.0. The molecule has 1 heterocycles. The van der Waals surface area contributed by atoms with Crippen molar-refractivity contribution in [3.05, 3.63) is 57.7 Å². The van der Waals surface area contributed by atoms with E-state index in [1.165, 1.54) is 0 Å². The highest BCUT2D eigenvalue weighted by molar-refractivity contribution is 6.36. The third-order valence-corrected chi connectivity index (χ3v) is 2.73. The number of hydrogen-bond donors (Lipinski definition) is 0. The molecule has 2 aromatic rings. The van der Waals surface area contributed by atoms with Crippen LogP contribution in [0.25, 0.3) is 0 Å². The number of aromatic nitrogens is 1. The highest BCUT2D eigenvalue weighted by atomic mass is 35.5. The highest BCUT2D eigenvalue weighted by Crippen LogP contribution is 2.20. The van der Waals surface area contributed by atoms with Crippen molar-refractivity contribution in [3.8, 4) is 0 Å². The molecule has 0 atom stereocenters. The van der Waals surface area contributed by atoms with Crippen LogP contribution in [0, 0.1) is 6.92 Å². The Labute approximate surface area is 110 Å². The van der Waals surface area contributed by atoms with Gasteiger partial charge in [0.15, 0.2) is 5.82 Å². The van der Waals surface area contributed by atoms with Gasteiger partial charge in [0, 0.05) is 22.5 Å². The molecule has 4 heteroatoms. The van der Waals surface area contributed by atoms with Crippen LogP contribution in [0.15, 0.2) is 41.4 Å². The Morgan fingerprint density at radius 3 is 2.71 bits per heavy atom.